The van der Waals surface area contributed by atoms with Gasteiger partial charge in [0.1, 0.15) is 22.0 Å². The summed E-state index contributed by atoms with van der Waals surface area (Å²) < 4.78 is 82.4. The SMILES string of the molecule is COC(=O)CCCCCCN1CCC(Nc2ccc(SNC(=O)c3ccc(N4CCN(CC5=C(c6ccc(Cl)cc6)CC(C)(C)CC5)CC4)cc3Oc3cnc4[nH]ccc4c3)cc2S(=O)(=O)C(F)(F)F)CC1. The number of fused-ring (bicyclic) bond motifs is 1. The first kappa shape index (κ1) is 53.0. The van der Waals surface area contributed by atoms with Crippen LogP contribution in [-0.4, -0.2) is 111 Å². The number of hydrogen-bond acceptors (Lipinski definition) is 12. The van der Waals surface area contributed by atoms with Gasteiger partial charge in [-0.1, -0.05) is 56.0 Å². The van der Waals surface area contributed by atoms with Gasteiger partial charge >= 0.3 is 11.5 Å². The monoisotopic (exact) mass is 1050 g/mol. The number of likely N-dealkylation sites (tertiary alicyclic amines) is 1. The summed E-state index contributed by atoms with van der Waals surface area (Å²) in [6, 6.07) is 20.7. The number of piperazine rings is 1. The Hall–Kier alpha value is -5.27. The average molecular weight is 1050 g/mol. The molecule has 2 aliphatic heterocycles. The van der Waals surface area contributed by atoms with Gasteiger partial charge in [0.2, 0.25) is 0 Å². The molecule has 19 heteroatoms. The third-order valence-electron chi connectivity index (χ3n) is 13.9. The number of carbonyl (C=O) groups is 2. The largest absolute Gasteiger partial charge is 0.501 e. The van der Waals surface area contributed by atoms with Crippen molar-refractivity contribution in [2.45, 2.75) is 99.4 Å². The van der Waals surface area contributed by atoms with Gasteiger partial charge in [0.15, 0.2) is 0 Å². The zero-order valence-electron chi connectivity index (χ0n) is 41.0. The Bertz CT molecular complexity index is 2840. The molecular formula is C53H63ClF3N7O6S2. The van der Waals surface area contributed by atoms with Crippen molar-refractivity contribution in [1.29, 1.82) is 0 Å². The van der Waals surface area contributed by atoms with Gasteiger partial charge in [0.05, 0.1) is 24.6 Å². The van der Waals surface area contributed by atoms with Crippen LogP contribution >= 0.6 is 23.5 Å². The molecule has 0 spiro atoms. The average Bonchev–Trinajstić information content (AvgIpc) is 3.84. The lowest BCUT2D eigenvalue weighted by Gasteiger charge is -2.39. The molecular weight excluding hydrogens is 987 g/mol. The topological polar surface area (TPSA) is 149 Å². The molecule has 4 heterocycles. The second-order valence-corrected chi connectivity index (χ2v) is 22.9. The molecule has 5 aromatic rings. The summed E-state index contributed by atoms with van der Waals surface area (Å²) in [5, 5.41) is 4.62. The van der Waals surface area contributed by atoms with Crippen molar-refractivity contribution in [3.63, 3.8) is 0 Å². The van der Waals surface area contributed by atoms with E-state index in [1.165, 1.54) is 36.0 Å². The van der Waals surface area contributed by atoms with Gasteiger partial charge in [-0.3, -0.25) is 19.2 Å². The number of nitrogens with one attached hydrogen (secondary N) is 3. The van der Waals surface area contributed by atoms with E-state index in [-0.39, 0.29) is 39.3 Å². The van der Waals surface area contributed by atoms with E-state index in [0.29, 0.717) is 55.7 Å². The first-order valence-electron chi connectivity index (χ1n) is 24.6. The number of methoxy groups -OCH3 is 1. The Morgan fingerprint density at radius 3 is 2.40 bits per heavy atom. The number of ether oxygens (including phenoxy) is 2. The number of pyridine rings is 1. The molecule has 0 atom stereocenters. The van der Waals surface area contributed by atoms with Crippen LogP contribution in [0, 0.1) is 5.41 Å². The Kier molecular flexibility index (Phi) is 17.2. The Labute approximate surface area is 429 Å². The van der Waals surface area contributed by atoms with Crippen molar-refractivity contribution in [3.05, 3.63) is 107 Å². The highest BCUT2D eigenvalue weighted by molar-refractivity contribution is 7.98. The molecule has 0 bridgehead atoms. The summed E-state index contributed by atoms with van der Waals surface area (Å²) in [6.07, 6.45) is 11.7. The molecule has 2 fully saturated rings. The number of halogens is 4. The third kappa shape index (κ3) is 13.5. The third-order valence-corrected chi connectivity index (χ3v) is 16.5. The van der Waals surface area contributed by atoms with E-state index >= 15 is 0 Å². The molecule has 0 unspecified atom stereocenters. The van der Waals surface area contributed by atoms with Crippen LogP contribution < -0.4 is 19.7 Å². The number of allylic oxidation sites excluding steroid dienone is 1. The van der Waals surface area contributed by atoms with E-state index in [9.17, 15) is 31.2 Å². The lowest BCUT2D eigenvalue weighted by atomic mass is 9.72. The highest BCUT2D eigenvalue weighted by atomic mass is 35.5. The molecule has 2 saturated heterocycles. The number of amides is 1. The molecule has 8 rings (SSSR count). The smallest absolute Gasteiger partial charge is 0.469 e. The fourth-order valence-corrected chi connectivity index (χ4v) is 11.5. The van der Waals surface area contributed by atoms with Gasteiger partial charge in [-0.05, 0) is 135 Å². The first-order valence-corrected chi connectivity index (χ1v) is 27.3. The van der Waals surface area contributed by atoms with Crippen LogP contribution in [-0.2, 0) is 19.4 Å². The number of benzene rings is 3. The van der Waals surface area contributed by atoms with Gasteiger partial charge in [0, 0.05) is 91.5 Å². The predicted molar refractivity (Wildman–Crippen MR) is 278 cm³/mol. The van der Waals surface area contributed by atoms with Gasteiger partial charge in [0.25, 0.3) is 15.7 Å². The fraction of sp³-hybridized carbons (Fsp3) is 0.453. The van der Waals surface area contributed by atoms with Crippen LogP contribution in [0.3, 0.4) is 0 Å². The maximum absolute atomic E-state index is 14.2. The quantitative estimate of drug-likeness (QED) is 0.0410. The lowest BCUT2D eigenvalue weighted by molar-refractivity contribution is -0.140. The van der Waals surface area contributed by atoms with Crippen LogP contribution in [0.15, 0.2) is 101 Å². The maximum Gasteiger partial charge on any atom is 0.501 e. The molecule has 3 aromatic carbocycles. The molecule has 1 amide bonds. The molecule has 2 aromatic heterocycles. The predicted octanol–water partition coefficient (Wildman–Crippen LogP) is 11.5. The summed E-state index contributed by atoms with van der Waals surface area (Å²) in [7, 11) is -4.40. The van der Waals surface area contributed by atoms with E-state index in [1.54, 1.807) is 24.5 Å². The van der Waals surface area contributed by atoms with E-state index < -0.39 is 26.1 Å². The van der Waals surface area contributed by atoms with Crippen molar-refractivity contribution < 1.29 is 40.7 Å². The molecule has 0 saturated carbocycles. The Morgan fingerprint density at radius 2 is 1.67 bits per heavy atom. The van der Waals surface area contributed by atoms with Crippen molar-refractivity contribution in [1.82, 2.24) is 24.5 Å². The van der Waals surface area contributed by atoms with Crippen LogP contribution in [0.25, 0.3) is 16.6 Å². The number of H-pyrrole nitrogens is 1. The second-order valence-electron chi connectivity index (χ2n) is 19.7. The zero-order chi connectivity index (χ0) is 51.0. The minimum atomic E-state index is -5.78. The normalized spacial score (nSPS) is 17.3. The van der Waals surface area contributed by atoms with Crippen molar-refractivity contribution in [2.24, 2.45) is 5.41 Å². The van der Waals surface area contributed by atoms with Gasteiger partial charge in [-0.15, -0.1) is 0 Å². The molecule has 0 radical (unpaired) electrons. The minimum absolute atomic E-state index is 0.0881. The standard InChI is InChI=1S/C53H63ClF3N7O6S2/c1-52(2)21-17-38(45(33-52)36-9-11-39(54)12-10-36)35-63-26-28-64(29-27-63)41-13-15-44(47(31-41)70-42-30-37-18-22-58-50(37)59-34-42)51(66)61-71-43-14-16-46(48(32-43)72(67,68)53(55,56)57)60-40-19-24-62(25-20-40)23-7-5-4-6-8-49(65)69-3/h9-16,18,22,30-32,34,40,60H,4-8,17,19-21,23-29,33,35H2,1-3H3,(H,58,59)(H,61,66). The molecule has 72 heavy (non-hydrogen) atoms. The number of esters is 1. The molecule has 1 aliphatic carbocycles. The van der Waals surface area contributed by atoms with Gasteiger partial charge in [-0.25, -0.2) is 13.4 Å². The Balaban J connectivity index is 0.938. The zero-order valence-corrected chi connectivity index (χ0v) is 43.3. The van der Waals surface area contributed by atoms with Crippen LogP contribution in [0.5, 0.6) is 11.5 Å². The van der Waals surface area contributed by atoms with Crippen molar-refractivity contribution in [2.75, 3.05) is 69.7 Å². The molecule has 3 aliphatic rings. The number of aromatic nitrogens is 2. The number of alkyl halides is 3. The number of hydrogen-bond donors (Lipinski definition) is 3. The molecule has 13 nitrogen and oxygen atoms in total. The van der Waals surface area contributed by atoms with Crippen molar-refractivity contribution >= 4 is 73.2 Å². The summed E-state index contributed by atoms with van der Waals surface area (Å²) in [5.74, 6) is -0.176. The van der Waals surface area contributed by atoms with Crippen LogP contribution in [0.2, 0.25) is 5.02 Å². The number of carbonyl (C=O) groups excluding carboxylic acids is 2. The number of anilines is 2. The van der Waals surface area contributed by atoms with Crippen LogP contribution in [0.4, 0.5) is 24.5 Å². The fourth-order valence-electron chi connectivity index (χ4n) is 9.75. The van der Waals surface area contributed by atoms with E-state index in [1.807, 2.05) is 30.3 Å². The van der Waals surface area contributed by atoms with Crippen molar-refractivity contribution in [3.8, 4) is 11.5 Å². The summed E-state index contributed by atoms with van der Waals surface area (Å²) in [4.78, 5) is 39.1. The Morgan fingerprint density at radius 1 is 0.917 bits per heavy atom. The van der Waals surface area contributed by atoms with E-state index in [2.05, 4.69) is 60.7 Å². The lowest BCUT2D eigenvalue weighted by Crippen LogP contribution is -2.47. The highest BCUT2D eigenvalue weighted by Crippen LogP contribution is 2.44. The second kappa shape index (κ2) is 23.3. The van der Waals surface area contributed by atoms with Gasteiger partial charge in [-0.2, -0.15) is 13.2 Å². The minimum Gasteiger partial charge on any atom is -0.469 e. The summed E-state index contributed by atoms with van der Waals surface area (Å²) >= 11 is 6.97. The number of aromatic amines is 1. The first-order chi connectivity index (χ1) is 34.4. The summed E-state index contributed by atoms with van der Waals surface area (Å²) in [6.45, 7) is 10.9. The van der Waals surface area contributed by atoms with E-state index in [4.69, 9.17) is 21.1 Å². The number of unbranched alkanes of at least 4 members (excludes halogenated alkanes) is 3. The van der Waals surface area contributed by atoms with E-state index in [0.717, 1.165) is 106 Å². The highest BCUT2D eigenvalue weighted by Gasteiger charge is 2.48. The number of rotatable bonds is 19. The number of sulfone groups is 1. The number of piperidine rings is 1. The van der Waals surface area contributed by atoms with Crippen LogP contribution in [0.1, 0.15) is 94.0 Å². The van der Waals surface area contributed by atoms with Gasteiger partial charge < -0.3 is 29.6 Å². The molecule has 386 valence electrons. The molecule has 3 N–H and O–H groups in total. The maximum atomic E-state index is 14.2. The summed E-state index contributed by atoms with van der Waals surface area (Å²) in [5.41, 5.74) is 0.290. The number of nitrogens with zero attached hydrogens (tertiary/aromatic N) is 4.